The molecular weight excluding hydrogens is 384 g/mol. The Morgan fingerprint density at radius 3 is 2.50 bits per heavy atom. The molecule has 0 unspecified atom stereocenters. The normalized spacial score (nSPS) is 12.4. The van der Waals surface area contributed by atoms with Crippen LogP contribution in [0.15, 0.2) is 23.1 Å². The molecular formula is C18H26N4O5S. The van der Waals surface area contributed by atoms with Crippen LogP contribution >= 0.6 is 0 Å². The van der Waals surface area contributed by atoms with Gasteiger partial charge in [-0.05, 0) is 32.0 Å². The summed E-state index contributed by atoms with van der Waals surface area (Å²) in [7, 11) is 2.46. The number of hydrogen-bond donors (Lipinski definition) is 1. The van der Waals surface area contributed by atoms with Gasteiger partial charge in [0.05, 0.1) is 23.0 Å². The van der Waals surface area contributed by atoms with Gasteiger partial charge in [0.15, 0.2) is 0 Å². The van der Waals surface area contributed by atoms with E-state index in [2.05, 4.69) is 15.0 Å². The van der Waals surface area contributed by atoms with Crippen LogP contribution in [-0.2, 0) is 37.8 Å². The minimum atomic E-state index is -3.55. The number of carbonyl (C=O) groups is 2. The van der Waals surface area contributed by atoms with E-state index in [1.165, 1.54) is 33.3 Å². The zero-order chi connectivity index (χ0) is 21.3. The summed E-state index contributed by atoms with van der Waals surface area (Å²) in [4.78, 5) is 28.5. The van der Waals surface area contributed by atoms with Crippen molar-refractivity contribution in [2.45, 2.75) is 37.1 Å². The molecule has 9 nitrogen and oxygen atoms in total. The van der Waals surface area contributed by atoms with Crippen molar-refractivity contribution in [2.24, 2.45) is 7.05 Å². The van der Waals surface area contributed by atoms with E-state index in [0.29, 0.717) is 17.8 Å². The van der Waals surface area contributed by atoms with Gasteiger partial charge in [0.25, 0.3) is 0 Å². The number of imidazole rings is 1. The Balaban J connectivity index is 2.19. The highest BCUT2D eigenvalue weighted by Crippen LogP contribution is 2.22. The summed E-state index contributed by atoms with van der Waals surface area (Å²) in [5, 5.41) is 2.64. The number of fused-ring (bicyclic) bond motifs is 1. The summed E-state index contributed by atoms with van der Waals surface area (Å²) < 4.78 is 32.2. The van der Waals surface area contributed by atoms with Crippen LogP contribution in [0.2, 0.25) is 0 Å². The predicted molar refractivity (Wildman–Crippen MR) is 104 cm³/mol. The number of nitrogens with zero attached hydrogens (tertiary/aromatic N) is 3. The second kappa shape index (κ2) is 7.88. The van der Waals surface area contributed by atoms with Crippen LogP contribution in [0.4, 0.5) is 0 Å². The molecule has 0 saturated heterocycles. The van der Waals surface area contributed by atoms with Crippen molar-refractivity contribution in [2.75, 3.05) is 21.2 Å². The van der Waals surface area contributed by atoms with Crippen molar-refractivity contribution in [3.8, 4) is 0 Å². The first-order valence-corrected chi connectivity index (χ1v) is 10.1. The third kappa shape index (κ3) is 4.33. The first-order chi connectivity index (χ1) is 12.9. The minimum Gasteiger partial charge on any atom is -0.467 e. The number of carbonyl (C=O) groups excluding carboxylic acids is 2. The molecule has 0 atom stereocenters. The van der Waals surface area contributed by atoms with Crippen LogP contribution < -0.4 is 5.32 Å². The number of aryl methyl sites for hydroxylation is 2. The molecule has 1 amide bonds. The zero-order valence-electron chi connectivity index (χ0n) is 16.9. The first-order valence-electron chi connectivity index (χ1n) is 8.67. The first kappa shape index (κ1) is 21.8. The molecule has 0 fully saturated rings. The molecule has 0 bridgehead atoms. The second-order valence-electron chi connectivity index (χ2n) is 7.19. The molecule has 0 spiro atoms. The van der Waals surface area contributed by atoms with Crippen molar-refractivity contribution in [3.05, 3.63) is 24.0 Å². The van der Waals surface area contributed by atoms with Crippen molar-refractivity contribution >= 4 is 32.9 Å². The number of esters is 1. The molecule has 28 heavy (non-hydrogen) atoms. The van der Waals surface area contributed by atoms with E-state index < -0.39 is 21.5 Å². The Morgan fingerprint density at radius 1 is 1.29 bits per heavy atom. The van der Waals surface area contributed by atoms with Gasteiger partial charge in [-0.1, -0.05) is 0 Å². The lowest BCUT2D eigenvalue weighted by molar-refractivity contribution is -0.149. The number of benzene rings is 1. The fraction of sp³-hybridized carbons (Fsp3) is 0.500. The summed E-state index contributed by atoms with van der Waals surface area (Å²) in [6, 6.07) is 4.76. The van der Waals surface area contributed by atoms with Crippen LogP contribution in [0.1, 0.15) is 26.1 Å². The van der Waals surface area contributed by atoms with Crippen molar-refractivity contribution < 1.29 is 22.7 Å². The quantitative estimate of drug-likeness (QED) is 0.677. The summed E-state index contributed by atoms with van der Waals surface area (Å²) in [6.07, 6.45) is 0.463. The molecule has 0 saturated carbocycles. The predicted octanol–water partition coefficient (Wildman–Crippen LogP) is 0.824. The van der Waals surface area contributed by atoms with Crippen LogP contribution in [0.25, 0.3) is 11.0 Å². The standard InChI is InChI=1S/C18H26N4O5S/c1-18(2,17(24)27-6)20-16(23)10-9-15-19-13-11-12(28(25,26)21(3)4)7-8-14(13)22(15)5/h7-8,11H,9-10H2,1-6H3,(H,20,23). The van der Waals surface area contributed by atoms with E-state index in [-0.39, 0.29) is 17.2 Å². The fourth-order valence-corrected chi connectivity index (χ4v) is 3.69. The maximum atomic E-state index is 12.3. The van der Waals surface area contributed by atoms with E-state index in [1.54, 1.807) is 27.0 Å². The molecule has 0 aliphatic carbocycles. The molecule has 1 heterocycles. The van der Waals surface area contributed by atoms with E-state index in [4.69, 9.17) is 0 Å². The summed E-state index contributed by atoms with van der Waals surface area (Å²) in [5.74, 6) is -0.197. The largest absolute Gasteiger partial charge is 0.467 e. The zero-order valence-corrected chi connectivity index (χ0v) is 17.8. The molecule has 1 aromatic heterocycles. The van der Waals surface area contributed by atoms with Crippen LogP contribution in [0.5, 0.6) is 0 Å². The monoisotopic (exact) mass is 410 g/mol. The van der Waals surface area contributed by atoms with E-state index in [1.807, 2.05) is 4.57 Å². The highest BCUT2D eigenvalue weighted by Gasteiger charge is 2.30. The van der Waals surface area contributed by atoms with Gasteiger partial charge in [0.1, 0.15) is 11.4 Å². The Morgan fingerprint density at radius 2 is 1.93 bits per heavy atom. The molecule has 2 aromatic rings. The Bertz CT molecular complexity index is 1010. The minimum absolute atomic E-state index is 0.125. The lowest BCUT2D eigenvalue weighted by Gasteiger charge is -2.22. The van der Waals surface area contributed by atoms with Gasteiger partial charge in [-0.25, -0.2) is 22.5 Å². The Kier molecular flexibility index (Phi) is 6.15. The number of sulfonamides is 1. The van der Waals surface area contributed by atoms with Crippen LogP contribution in [0.3, 0.4) is 0 Å². The molecule has 0 aliphatic heterocycles. The van der Waals surface area contributed by atoms with Gasteiger partial charge in [-0.2, -0.15) is 0 Å². The van der Waals surface area contributed by atoms with E-state index in [9.17, 15) is 18.0 Å². The van der Waals surface area contributed by atoms with Gasteiger partial charge in [-0.3, -0.25) is 4.79 Å². The van der Waals surface area contributed by atoms with Gasteiger partial charge >= 0.3 is 5.97 Å². The number of amides is 1. The number of aromatic nitrogens is 2. The molecule has 154 valence electrons. The SMILES string of the molecule is COC(=O)C(C)(C)NC(=O)CCc1nc2cc(S(=O)(=O)N(C)C)ccc2n1C. The van der Waals surface area contributed by atoms with Crippen molar-refractivity contribution in [1.29, 1.82) is 0 Å². The highest BCUT2D eigenvalue weighted by molar-refractivity contribution is 7.89. The highest BCUT2D eigenvalue weighted by atomic mass is 32.2. The lowest BCUT2D eigenvalue weighted by atomic mass is 10.1. The number of nitrogens with one attached hydrogen (secondary N) is 1. The van der Waals surface area contributed by atoms with Crippen LogP contribution in [-0.4, -0.2) is 60.9 Å². The molecule has 2 rings (SSSR count). The molecule has 1 aromatic carbocycles. The Hall–Kier alpha value is -2.46. The van der Waals surface area contributed by atoms with Gasteiger partial charge in [0.2, 0.25) is 15.9 Å². The third-order valence-electron chi connectivity index (χ3n) is 4.45. The molecule has 1 N–H and O–H groups in total. The average Bonchev–Trinajstić information content (AvgIpc) is 2.94. The smallest absolute Gasteiger partial charge is 0.330 e. The van der Waals surface area contributed by atoms with Gasteiger partial charge < -0.3 is 14.6 Å². The van der Waals surface area contributed by atoms with Crippen molar-refractivity contribution in [3.63, 3.8) is 0 Å². The van der Waals surface area contributed by atoms with Gasteiger partial charge in [-0.15, -0.1) is 0 Å². The van der Waals surface area contributed by atoms with Crippen LogP contribution in [0, 0.1) is 0 Å². The number of rotatable bonds is 7. The maximum Gasteiger partial charge on any atom is 0.330 e. The number of methoxy groups -OCH3 is 1. The topological polar surface area (TPSA) is 111 Å². The van der Waals surface area contributed by atoms with E-state index >= 15 is 0 Å². The Labute approximate surface area is 164 Å². The summed E-state index contributed by atoms with van der Waals surface area (Å²) in [6.45, 7) is 3.14. The summed E-state index contributed by atoms with van der Waals surface area (Å²) >= 11 is 0. The number of ether oxygens (including phenoxy) is 1. The summed E-state index contributed by atoms with van der Waals surface area (Å²) in [5.41, 5.74) is 0.187. The number of hydrogen-bond acceptors (Lipinski definition) is 6. The average molecular weight is 410 g/mol. The molecule has 10 heteroatoms. The molecule has 0 aliphatic rings. The molecule has 0 radical (unpaired) electrons. The maximum absolute atomic E-state index is 12.3. The lowest BCUT2D eigenvalue weighted by Crippen LogP contribution is -2.50. The van der Waals surface area contributed by atoms with Gasteiger partial charge in [0, 0.05) is 34.0 Å². The van der Waals surface area contributed by atoms with Crippen molar-refractivity contribution in [1.82, 2.24) is 19.2 Å². The fourth-order valence-electron chi connectivity index (χ4n) is 2.77. The third-order valence-corrected chi connectivity index (χ3v) is 6.26. The van der Waals surface area contributed by atoms with E-state index in [0.717, 1.165) is 9.82 Å². The second-order valence-corrected chi connectivity index (χ2v) is 9.34.